The van der Waals surface area contributed by atoms with Crippen molar-refractivity contribution < 1.29 is 45.7 Å². The number of anilines is 1. The van der Waals surface area contributed by atoms with Gasteiger partial charge in [0, 0.05) is 46.9 Å². The summed E-state index contributed by atoms with van der Waals surface area (Å²) in [6.07, 6.45) is 5.59. The Hall–Kier alpha value is -4.34. The average molecular weight is 887 g/mol. The Labute approximate surface area is 306 Å². The molecule has 5 heterocycles. The second kappa shape index (κ2) is 16.6. The van der Waals surface area contributed by atoms with Gasteiger partial charge in [-0.1, -0.05) is 12.1 Å². The maximum Gasteiger partial charge on any atom is 0.321 e. The monoisotopic (exact) mass is 886 g/mol. The van der Waals surface area contributed by atoms with Crippen LogP contribution >= 0.6 is 11.3 Å². The van der Waals surface area contributed by atoms with Gasteiger partial charge in [-0.25, -0.2) is 4.98 Å². The summed E-state index contributed by atoms with van der Waals surface area (Å²) in [5, 5.41) is 20.2. The van der Waals surface area contributed by atoms with Gasteiger partial charge in [0.05, 0.1) is 39.7 Å². The Balaban J connectivity index is 0.000000452. The number of aliphatic carboxylic acids is 2. The minimum absolute atomic E-state index is 0. The number of nitrogens with one attached hydrogen (secondary N) is 1. The molecule has 0 radical (unpaired) electrons. The molecule has 7 rings (SSSR count). The molecule has 1 aliphatic heterocycles. The molecule has 0 unspecified atom stereocenters. The molecule has 1 saturated heterocycles. The summed E-state index contributed by atoms with van der Waals surface area (Å²) in [4.78, 5) is 66.6. The van der Waals surface area contributed by atoms with Gasteiger partial charge < -0.3 is 37.6 Å². The number of nitrogens with zero attached hydrogens (tertiary/aromatic N) is 6. The van der Waals surface area contributed by atoms with Gasteiger partial charge in [-0.3, -0.25) is 33.5 Å². The quantitative estimate of drug-likeness (QED) is 0.152. The van der Waals surface area contributed by atoms with Crippen LogP contribution in [0.4, 0.5) is 5.82 Å². The van der Waals surface area contributed by atoms with Gasteiger partial charge >= 0.3 is 11.9 Å². The number of rotatable bonds is 6. The van der Waals surface area contributed by atoms with Gasteiger partial charge in [0.1, 0.15) is 16.2 Å². The molecular weight excluding hydrogens is 846 g/mol. The zero-order valence-corrected chi connectivity index (χ0v) is 30.9. The first-order valence-corrected chi connectivity index (χ1v) is 16.2. The van der Waals surface area contributed by atoms with Gasteiger partial charge in [0.2, 0.25) is 5.43 Å². The third-order valence-electron chi connectivity index (χ3n) is 8.83. The van der Waals surface area contributed by atoms with Crippen LogP contribution in [0, 0.1) is 12.3 Å². The molecule has 17 heteroatoms. The van der Waals surface area contributed by atoms with Crippen LogP contribution in [0.1, 0.15) is 47.4 Å². The van der Waals surface area contributed by atoms with Crippen LogP contribution in [0.15, 0.2) is 53.6 Å². The van der Waals surface area contributed by atoms with Crippen molar-refractivity contribution in [2.24, 2.45) is 5.41 Å². The SMILES string of the molecule is Cc1cnc(CNC(=O)c2c(=O)c3ccc(N4CCCN(C)CC4)nc3n3c2sc2ccccc23)cn1.N.N.O=C(O)C1(C(=O)O)CCC1.[Pt]. The molecule has 4 aromatic heterocycles. The number of amides is 1. The van der Waals surface area contributed by atoms with Crippen LogP contribution in [0.25, 0.3) is 26.1 Å². The predicted molar refractivity (Wildman–Crippen MR) is 188 cm³/mol. The zero-order chi connectivity index (χ0) is 33.3. The first-order chi connectivity index (χ1) is 22.6. The molecule has 1 saturated carbocycles. The van der Waals surface area contributed by atoms with Crippen molar-refractivity contribution in [2.45, 2.75) is 39.2 Å². The van der Waals surface area contributed by atoms with E-state index in [9.17, 15) is 19.2 Å². The summed E-state index contributed by atoms with van der Waals surface area (Å²) in [5.74, 6) is -1.99. The van der Waals surface area contributed by atoms with E-state index in [2.05, 4.69) is 32.1 Å². The second-order valence-corrected chi connectivity index (χ2v) is 13.0. The van der Waals surface area contributed by atoms with Crippen molar-refractivity contribution in [3.63, 3.8) is 0 Å². The summed E-state index contributed by atoms with van der Waals surface area (Å²) in [7, 11) is 2.13. The van der Waals surface area contributed by atoms with Crippen molar-refractivity contribution in [1.29, 1.82) is 0 Å². The molecular formula is C33H41N9O6PtS. The molecule has 9 N–H and O–H groups in total. The average Bonchev–Trinajstić information content (AvgIpc) is 3.27. The van der Waals surface area contributed by atoms with Gasteiger partial charge in [0.15, 0.2) is 11.1 Å². The number of aryl methyl sites for hydroxylation is 1. The van der Waals surface area contributed by atoms with Crippen molar-refractivity contribution in [3.8, 4) is 0 Å². The Kier molecular flexibility index (Phi) is 13.3. The first kappa shape index (κ1) is 40.1. The summed E-state index contributed by atoms with van der Waals surface area (Å²) >= 11 is 1.43. The maximum atomic E-state index is 13.7. The number of benzene rings is 1. The number of aromatic nitrogens is 4. The van der Waals surface area contributed by atoms with E-state index in [-0.39, 0.29) is 63.7 Å². The van der Waals surface area contributed by atoms with Crippen LogP contribution < -0.4 is 27.9 Å². The van der Waals surface area contributed by atoms with Crippen LogP contribution in [-0.2, 0) is 37.2 Å². The van der Waals surface area contributed by atoms with Crippen LogP contribution in [0.5, 0.6) is 0 Å². The number of thiazole rings is 1. The molecule has 1 aliphatic carbocycles. The summed E-state index contributed by atoms with van der Waals surface area (Å²) < 4.78 is 2.95. The minimum atomic E-state index is -1.44. The molecule has 2 aliphatic rings. The summed E-state index contributed by atoms with van der Waals surface area (Å²) in [6.45, 7) is 5.83. The largest absolute Gasteiger partial charge is 0.480 e. The number of likely N-dealkylation sites (N-methyl/N-ethyl adjacent to an activating group) is 1. The molecule has 5 aromatic rings. The maximum absolute atomic E-state index is 13.7. The fourth-order valence-corrected chi connectivity index (χ4v) is 7.03. The molecule has 0 bridgehead atoms. The molecule has 0 atom stereocenters. The molecule has 15 nitrogen and oxygen atoms in total. The number of para-hydroxylation sites is 1. The normalized spacial score (nSPS) is 15.3. The number of carboxylic acids is 2. The molecule has 1 aromatic carbocycles. The molecule has 1 amide bonds. The number of carbonyl (C=O) groups is 3. The van der Waals surface area contributed by atoms with E-state index in [0.29, 0.717) is 28.0 Å². The summed E-state index contributed by atoms with van der Waals surface area (Å²) in [6, 6.07) is 11.6. The first-order valence-electron chi connectivity index (χ1n) is 15.4. The molecule has 2 fully saturated rings. The fraction of sp³-hybridized carbons (Fsp3) is 0.364. The zero-order valence-electron chi connectivity index (χ0n) is 27.8. The van der Waals surface area contributed by atoms with E-state index in [1.165, 1.54) is 11.3 Å². The van der Waals surface area contributed by atoms with Crippen molar-refractivity contribution in [3.05, 3.63) is 76.0 Å². The predicted octanol–water partition coefficient (Wildman–Crippen LogP) is 3.88. The van der Waals surface area contributed by atoms with Gasteiger partial charge in [-0.05, 0) is 70.5 Å². The standard InChI is InChI=1S/C27H27N7O2S.C6H8O4.2H3N.Pt/c1-17-14-29-18(15-28-17)16-30-26(36)23-24(35)19-8-9-22(33-11-5-10-32(2)12-13-33)31-25(19)34-20-6-3-4-7-21(20)37-27(23)34;7-4(8)6(5(9)10)2-1-3-6;;;/h3-4,6-9,14-15H,5,10-13,16H2,1-2H3,(H,30,36);1-3H2,(H,7,8)(H,9,10);2*1H3;. The number of hydrogen-bond donors (Lipinski definition) is 5. The smallest absolute Gasteiger partial charge is 0.321 e. The Morgan fingerprint density at radius 3 is 2.28 bits per heavy atom. The summed E-state index contributed by atoms with van der Waals surface area (Å²) in [5.41, 5.74) is 1.29. The third kappa shape index (κ3) is 7.69. The second-order valence-electron chi connectivity index (χ2n) is 12.0. The van der Waals surface area contributed by atoms with Crippen LogP contribution in [0.3, 0.4) is 0 Å². The Morgan fingerprint density at radius 1 is 0.940 bits per heavy atom. The Morgan fingerprint density at radius 2 is 1.66 bits per heavy atom. The van der Waals surface area contributed by atoms with E-state index in [1.807, 2.05) is 47.7 Å². The van der Waals surface area contributed by atoms with Crippen molar-refractivity contribution in [2.75, 3.05) is 38.1 Å². The van der Waals surface area contributed by atoms with Gasteiger partial charge in [-0.2, -0.15) is 0 Å². The number of hydrogen-bond acceptors (Lipinski definition) is 12. The number of carboxylic acid groups (broad SMARTS) is 2. The minimum Gasteiger partial charge on any atom is -0.480 e. The van der Waals surface area contributed by atoms with Gasteiger partial charge in [-0.15, -0.1) is 11.3 Å². The van der Waals surface area contributed by atoms with Crippen molar-refractivity contribution in [1.82, 2.24) is 41.9 Å². The molecule has 0 spiro atoms. The topological polar surface area (TPSA) is 240 Å². The van der Waals surface area contributed by atoms with E-state index in [4.69, 9.17) is 15.2 Å². The van der Waals surface area contributed by atoms with Crippen LogP contribution in [-0.4, -0.2) is 85.5 Å². The van der Waals surface area contributed by atoms with Crippen molar-refractivity contribution >= 4 is 61.1 Å². The van der Waals surface area contributed by atoms with E-state index in [0.717, 1.165) is 54.3 Å². The fourth-order valence-electron chi connectivity index (χ4n) is 5.85. The van der Waals surface area contributed by atoms with E-state index >= 15 is 0 Å². The third-order valence-corrected chi connectivity index (χ3v) is 9.98. The van der Waals surface area contributed by atoms with Crippen LogP contribution in [0.2, 0.25) is 0 Å². The molecule has 50 heavy (non-hydrogen) atoms. The number of fused-ring (bicyclic) bond motifs is 5. The Bertz CT molecular complexity index is 2050. The van der Waals surface area contributed by atoms with E-state index in [1.54, 1.807) is 12.4 Å². The van der Waals surface area contributed by atoms with E-state index < -0.39 is 23.3 Å². The number of pyridine rings is 2. The van der Waals surface area contributed by atoms with Gasteiger partial charge in [0.25, 0.3) is 5.91 Å². The molecule has 270 valence electrons. The number of carbonyl (C=O) groups excluding carboxylic acids is 1.